The van der Waals surface area contributed by atoms with E-state index in [-0.39, 0.29) is 0 Å². The van der Waals surface area contributed by atoms with Gasteiger partial charge in [-0.25, -0.2) is 9.97 Å². The monoisotopic (exact) mass is 243 g/mol. The summed E-state index contributed by atoms with van der Waals surface area (Å²) >= 11 is 0. The summed E-state index contributed by atoms with van der Waals surface area (Å²) in [5.74, 6) is 1.62. The molecule has 0 bridgehead atoms. The van der Waals surface area contributed by atoms with Crippen molar-refractivity contribution in [2.75, 3.05) is 5.73 Å². The second-order valence-corrected chi connectivity index (χ2v) is 4.13. The molecule has 18 heavy (non-hydrogen) atoms. The van der Waals surface area contributed by atoms with Gasteiger partial charge in [-0.05, 0) is 30.5 Å². The van der Waals surface area contributed by atoms with Crippen LogP contribution in [0.25, 0.3) is 0 Å². The zero-order valence-electron chi connectivity index (χ0n) is 10.5. The first-order valence-electron chi connectivity index (χ1n) is 6.12. The minimum atomic E-state index is 0.402. The maximum absolute atomic E-state index is 5.59. The van der Waals surface area contributed by atoms with Crippen molar-refractivity contribution in [3.05, 3.63) is 42.2 Å². The van der Waals surface area contributed by atoms with Crippen LogP contribution in [0.4, 0.5) is 5.82 Å². The van der Waals surface area contributed by atoms with E-state index in [1.54, 1.807) is 6.07 Å². The zero-order chi connectivity index (χ0) is 12.8. The number of ether oxygens (including phenoxy) is 1. The molecule has 0 aliphatic heterocycles. The fourth-order valence-corrected chi connectivity index (χ4v) is 1.64. The quantitative estimate of drug-likeness (QED) is 0.876. The van der Waals surface area contributed by atoms with Crippen LogP contribution in [-0.2, 0) is 6.42 Å². The van der Waals surface area contributed by atoms with Crippen molar-refractivity contribution in [2.24, 2.45) is 0 Å². The molecule has 4 nitrogen and oxygen atoms in total. The summed E-state index contributed by atoms with van der Waals surface area (Å²) < 4.78 is 5.59. The van der Waals surface area contributed by atoms with Gasteiger partial charge in [-0.15, -0.1) is 0 Å². The van der Waals surface area contributed by atoms with E-state index in [0.717, 1.165) is 12.2 Å². The van der Waals surface area contributed by atoms with Gasteiger partial charge in [0, 0.05) is 6.07 Å². The lowest BCUT2D eigenvalue weighted by Gasteiger charge is -2.06. The van der Waals surface area contributed by atoms with Gasteiger partial charge in [0.25, 0.3) is 0 Å². The lowest BCUT2D eigenvalue weighted by molar-refractivity contribution is 0.462. The Morgan fingerprint density at radius 2 is 1.94 bits per heavy atom. The fraction of sp³-hybridized carbons (Fsp3) is 0.286. The lowest BCUT2D eigenvalue weighted by atomic mass is 10.1. The Morgan fingerprint density at radius 3 is 2.61 bits per heavy atom. The summed E-state index contributed by atoms with van der Waals surface area (Å²) in [6, 6.07) is 9.66. The summed E-state index contributed by atoms with van der Waals surface area (Å²) in [5, 5.41) is 0. The Kier molecular flexibility index (Phi) is 4.12. The predicted molar refractivity (Wildman–Crippen MR) is 71.6 cm³/mol. The van der Waals surface area contributed by atoms with Crippen LogP contribution in [-0.4, -0.2) is 9.97 Å². The molecule has 1 aromatic heterocycles. The van der Waals surface area contributed by atoms with E-state index in [4.69, 9.17) is 10.5 Å². The standard InChI is InChI=1S/C14H17N3O/c1-2-3-4-11-5-7-12(8-6-11)18-14-9-13(15)16-10-17-14/h5-10H,2-4H2,1H3,(H2,15,16,17). The number of rotatable bonds is 5. The molecule has 0 atom stereocenters. The number of hydrogen-bond acceptors (Lipinski definition) is 4. The number of hydrogen-bond donors (Lipinski definition) is 1. The van der Waals surface area contributed by atoms with E-state index in [9.17, 15) is 0 Å². The molecule has 1 heterocycles. The summed E-state index contributed by atoms with van der Waals surface area (Å²) in [5.41, 5.74) is 6.89. The zero-order valence-corrected chi connectivity index (χ0v) is 10.5. The van der Waals surface area contributed by atoms with E-state index in [2.05, 4.69) is 29.0 Å². The van der Waals surface area contributed by atoms with Crippen molar-refractivity contribution in [1.29, 1.82) is 0 Å². The molecule has 0 aliphatic carbocycles. The topological polar surface area (TPSA) is 61.0 Å². The molecular formula is C14H17N3O. The Bertz CT molecular complexity index is 497. The van der Waals surface area contributed by atoms with Crippen LogP contribution >= 0.6 is 0 Å². The molecule has 0 saturated carbocycles. The van der Waals surface area contributed by atoms with Crippen LogP contribution in [0.15, 0.2) is 36.7 Å². The van der Waals surface area contributed by atoms with Crippen molar-refractivity contribution in [3.63, 3.8) is 0 Å². The Balaban J connectivity index is 2.02. The first-order valence-corrected chi connectivity index (χ1v) is 6.12. The SMILES string of the molecule is CCCCc1ccc(Oc2cc(N)ncn2)cc1. The van der Waals surface area contributed by atoms with Gasteiger partial charge in [-0.2, -0.15) is 0 Å². The average molecular weight is 243 g/mol. The predicted octanol–water partition coefficient (Wildman–Crippen LogP) is 3.19. The highest BCUT2D eigenvalue weighted by Gasteiger charge is 2.00. The summed E-state index contributed by atoms with van der Waals surface area (Å²) in [4.78, 5) is 7.81. The van der Waals surface area contributed by atoms with Gasteiger partial charge in [-0.1, -0.05) is 25.5 Å². The largest absolute Gasteiger partial charge is 0.439 e. The molecular weight excluding hydrogens is 226 g/mol. The van der Waals surface area contributed by atoms with E-state index in [0.29, 0.717) is 11.7 Å². The van der Waals surface area contributed by atoms with E-state index in [1.165, 1.54) is 24.7 Å². The summed E-state index contributed by atoms with van der Waals surface area (Å²) in [6.45, 7) is 2.19. The Labute approximate surface area is 107 Å². The van der Waals surface area contributed by atoms with Crippen LogP contribution in [0.2, 0.25) is 0 Å². The first kappa shape index (κ1) is 12.4. The molecule has 2 N–H and O–H groups in total. The summed E-state index contributed by atoms with van der Waals surface area (Å²) in [7, 11) is 0. The Hall–Kier alpha value is -2.10. The molecule has 94 valence electrons. The molecule has 1 aromatic carbocycles. The van der Waals surface area contributed by atoms with Gasteiger partial charge in [0.1, 0.15) is 17.9 Å². The average Bonchev–Trinajstić information content (AvgIpc) is 2.38. The van der Waals surface area contributed by atoms with Crippen LogP contribution in [0.5, 0.6) is 11.6 Å². The maximum Gasteiger partial charge on any atom is 0.224 e. The molecule has 0 spiro atoms. The summed E-state index contributed by atoms with van der Waals surface area (Å²) in [6.07, 6.45) is 4.92. The van der Waals surface area contributed by atoms with Crippen LogP contribution < -0.4 is 10.5 Å². The second-order valence-electron chi connectivity index (χ2n) is 4.13. The third-order valence-electron chi connectivity index (χ3n) is 2.63. The molecule has 0 fully saturated rings. The molecule has 2 aromatic rings. The number of nitrogens with two attached hydrogens (primary N) is 1. The van der Waals surface area contributed by atoms with Gasteiger partial charge in [0.15, 0.2) is 0 Å². The number of benzene rings is 1. The molecule has 0 saturated heterocycles. The first-order chi connectivity index (χ1) is 8.78. The van der Waals surface area contributed by atoms with Crippen molar-refractivity contribution in [3.8, 4) is 11.6 Å². The van der Waals surface area contributed by atoms with Crippen molar-refractivity contribution >= 4 is 5.82 Å². The highest BCUT2D eigenvalue weighted by atomic mass is 16.5. The second kappa shape index (κ2) is 6.00. The van der Waals surface area contributed by atoms with Crippen LogP contribution in [0.1, 0.15) is 25.3 Å². The molecule has 0 radical (unpaired) electrons. The molecule has 0 amide bonds. The van der Waals surface area contributed by atoms with E-state index < -0.39 is 0 Å². The number of unbranched alkanes of at least 4 members (excludes halogenated alkanes) is 1. The van der Waals surface area contributed by atoms with E-state index >= 15 is 0 Å². The fourth-order valence-electron chi connectivity index (χ4n) is 1.64. The normalized spacial score (nSPS) is 10.3. The van der Waals surface area contributed by atoms with Crippen molar-refractivity contribution in [1.82, 2.24) is 9.97 Å². The third-order valence-corrected chi connectivity index (χ3v) is 2.63. The smallest absolute Gasteiger partial charge is 0.224 e. The number of aromatic nitrogens is 2. The molecule has 0 unspecified atom stereocenters. The third kappa shape index (κ3) is 3.45. The lowest BCUT2D eigenvalue weighted by Crippen LogP contribution is -1.94. The highest BCUT2D eigenvalue weighted by Crippen LogP contribution is 2.20. The number of nitrogens with zero attached hydrogens (tertiary/aromatic N) is 2. The van der Waals surface area contributed by atoms with Crippen molar-refractivity contribution in [2.45, 2.75) is 26.2 Å². The minimum Gasteiger partial charge on any atom is -0.439 e. The number of aryl methyl sites for hydroxylation is 1. The molecule has 4 heteroatoms. The van der Waals surface area contributed by atoms with Crippen LogP contribution in [0, 0.1) is 0 Å². The van der Waals surface area contributed by atoms with Crippen LogP contribution in [0.3, 0.4) is 0 Å². The van der Waals surface area contributed by atoms with Gasteiger partial charge in [0.05, 0.1) is 0 Å². The highest BCUT2D eigenvalue weighted by molar-refractivity contribution is 5.35. The van der Waals surface area contributed by atoms with E-state index in [1.807, 2.05) is 12.1 Å². The number of nitrogen functional groups attached to an aromatic ring is 1. The van der Waals surface area contributed by atoms with Gasteiger partial charge in [-0.3, -0.25) is 0 Å². The molecule has 2 rings (SSSR count). The van der Waals surface area contributed by atoms with Gasteiger partial charge in [0.2, 0.25) is 5.88 Å². The molecule has 0 aliphatic rings. The van der Waals surface area contributed by atoms with Gasteiger partial charge >= 0.3 is 0 Å². The van der Waals surface area contributed by atoms with Gasteiger partial charge < -0.3 is 10.5 Å². The number of anilines is 1. The maximum atomic E-state index is 5.59. The van der Waals surface area contributed by atoms with Crippen molar-refractivity contribution < 1.29 is 4.74 Å². The Morgan fingerprint density at radius 1 is 1.17 bits per heavy atom. The minimum absolute atomic E-state index is 0.402.